The second-order valence-corrected chi connectivity index (χ2v) is 4.07. The van der Waals surface area contributed by atoms with Gasteiger partial charge in [0.25, 0.3) is 5.91 Å². The van der Waals surface area contributed by atoms with Crippen molar-refractivity contribution in [2.24, 2.45) is 0 Å². The zero-order valence-electron chi connectivity index (χ0n) is 10.2. The predicted octanol–water partition coefficient (Wildman–Crippen LogP) is 1.77. The number of ether oxygens (including phenoxy) is 2. The molecule has 1 aromatic heterocycles. The van der Waals surface area contributed by atoms with Crippen molar-refractivity contribution < 1.29 is 14.3 Å². The van der Waals surface area contributed by atoms with Crippen LogP contribution in [0.15, 0.2) is 30.6 Å². The molecule has 1 aliphatic heterocycles. The number of nitrogens with zero attached hydrogens (tertiary/aromatic N) is 2. The van der Waals surface area contributed by atoms with Crippen LogP contribution in [0.2, 0.25) is 0 Å². The molecule has 6 heteroatoms. The van der Waals surface area contributed by atoms with Gasteiger partial charge in [0.1, 0.15) is 5.69 Å². The van der Waals surface area contributed by atoms with E-state index >= 15 is 0 Å². The number of hydrogen-bond acceptors (Lipinski definition) is 5. The fraction of sp³-hybridized carbons (Fsp3) is 0.154. The molecular weight excluding hydrogens is 246 g/mol. The second kappa shape index (κ2) is 4.56. The van der Waals surface area contributed by atoms with Crippen molar-refractivity contribution in [3.05, 3.63) is 42.0 Å². The van der Waals surface area contributed by atoms with Crippen LogP contribution < -0.4 is 14.8 Å². The van der Waals surface area contributed by atoms with Crippen LogP contribution in [0.25, 0.3) is 0 Å². The molecule has 0 saturated heterocycles. The van der Waals surface area contributed by atoms with E-state index in [1.807, 2.05) is 6.92 Å². The van der Waals surface area contributed by atoms with Gasteiger partial charge in [-0.1, -0.05) is 0 Å². The first-order valence-electron chi connectivity index (χ1n) is 5.72. The molecule has 96 valence electrons. The van der Waals surface area contributed by atoms with Gasteiger partial charge >= 0.3 is 0 Å². The Bertz CT molecular complexity index is 626. The summed E-state index contributed by atoms with van der Waals surface area (Å²) < 4.78 is 10.4. The van der Waals surface area contributed by atoms with Crippen molar-refractivity contribution in [3.63, 3.8) is 0 Å². The molecule has 0 radical (unpaired) electrons. The predicted molar refractivity (Wildman–Crippen MR) is 67.3 cm³/mol. The van der Waals surface area contributed by atoms with E-state index in [9.17, 15) is 4.79 Å². The summed E-state index contributed by atoms with van der Waals surface area (Å²) >= 11 is 0. The highest BCUT2D eigenvalue weighted by atomic mass is 16.7. The lowest BCUT2D eigenvalue weighted by atomic mass is 10.2. The summed E-state index contributed by atoms with van der Waals surface area (Å²) in [4.78, 5) is 20.0. The summed E-state index contributed by atoms with van der Waals surface area (Å²) in [7, 11) is 0. The topological polar surface area (TPSA) is 73.3 Å². The number of carbonyl (C=O) groups excluding carboxylic acids is 1. The first kappa shape index (κ1) is 11.5. The number of rotatable bonds is 2. The van der Waals surface area contributed by atoms with Crippen LogP contribution in [0.1, 0.15) is 16.2 Å². The number of aryl methyl sites for hydroxylation is 1. The molecule has 19 heavy (non-hydrogen) atoms. The molecule has 2 aromatic rings. The number of nitrogens with one attached hydrogen (secondary N) is 1. The maximum absolute atomic E-state index is 11.9. The quantitative estimate of drug-likeness (QED) is 0.887. The lowest BCUT2D eigenvalue weighted by Crippen LogP contribution is -2.14. The van der Waals surface area contributed by atoms with E-state index in [0.29, 0.717) is 17.2 Å². The molecule has 1 amide bonds. The molecule has 0 fully saturated rings. The molecule has 0 saturated carbocycles. The van der Waals surface area contributed by atoms with E-state index in [2.05, 4.69) is 15.3 Å². The monoisotopic (exact) mass is 257 g/mol. The van der Waals surface area contributed by atoms with Gasteiger partial charge in [0.05, 0.1) is 11.9 Å². The standard InChI is InChI=1S/C13H11N3O3/c1-8-5-15-10(6-14-8)13(17)16-9-2-3-11-12(4-9)19-7-18-11/h2-6H,7H2,1H3,(H,16,17). The Hall–Kier alpha value is -2.63. The third-order valence-corrected chi connectivity index (χ3v) is 2.64. The normalized spacial score (nSPS) is 12.3. The molecule has 0 unspecified atom stereocenters. The number of amides is 1. The van der Waals surface area contributed by atoms with Gasteiger partial charge in [0.2, 0.25) is 6.79 Å². The third-order valence-electron chi connectivity index (χ3n) is 2.64. The van der Waals surface area contributed by atoms with E-state index < -0.39 is 0 Å². The first-order chi connectivity index (χ1) is 9.22. The van der Waals surface area contributed by atoms with E-state index in [1.54, 1.807) is 24.4 Å². The van der Waals surface area contributed by atoms with Gasteiger partial charge in [-0.2, -0.15) is 0 Å². The highest BCUT2D eigenvalue weighted by Crippen LogP contribution is 2.34. The molecule has 1 aliphatic rings. The van der Waals surface area contributed by atoms with Gasteiger partial charge in [0, 0.05) is 18.0 Å². The summed E-state index contributed by atoms with van der Waals surface area (Å²) in [6.45, 7) is 2.02. The molecular formula is C13H11N3O3. The third kappa shape index (κ3) is 2.33. The highest BCUT2D eigenvalue weighted by molar-refractivity contribution is 6.02. The molecule has 0 bridgehead atoms. The fourth-order valence-corrected chi connectivity index (χ4v) is 1.68. The minimum Gasteiger partial charge on any atom is -0.454 e. The fourth-order valence-electron chi connectivity index (χ4n) is 1.68. The van der Waals surface area contributed by atoms with E-state index in [1.165, 1.54) is 6.20 Å². The van der Waals surface area contributed by atoms with Crippen LogP contribution in [0.3, 0.4) is 0 Å². The van der Waals surface area contributed by atoms with Crippen molar-refractivity contribution in [1.29, 1.82) is 0 Å². The van der Waals surface area contributed by atoms with Gasteiger partial charge in [-0.15, -0.1) is 0 Å². The summed E-state index contributed by atoms with van der Waals surface area (Å²) in [5.41, 5.74) is 1.65. The van der Waals surface area contributed by atoms with Gasteiger partial charge in [-0.25, -0.2) is 4.98 Å². The lowest BCUT2D eigenvalue weighted by Gasteiger charge is -2.05. The summed E-state index contributed by atoms with van der Waals surface area (Å²) in [5.74, 6) is 0.979. The van der Waals surface area contributed by atoms with Gasteiger partial charge in [0.15, 0.2) is 11.5 Å². The van der Waals surface area contributed by atoms with Crippen molar-refractivity contribution in [2.75, 3.05) is 12.1 Å². The van der Waals surface area contributed by atoms with Crippen molar-refractivity contribution in [1.82, 2.24) is 9.97 Å². The minimum absolute atomic E-state index is 0.205. The van der Waals surface area contributed by atoms with Crippen LogP contribution in [-0.4, -0.2) is 22.7 Å². The molecule has 1 N–H and O–H groups in total. The number of hydrogen-bond donors (Lipinski definition) is 1. The van der Waals surface area contributed by atoms with Crippen LogP contribution in [0.4, 0.5) is 5.69 Å². The summed E-state index contributed by atoms with van der Waals surface area (Å²) in [5, 5.41) is 2.73. The van der Waals surface area contributed by atoms with Crippen LogP contribution in [0.5, 0.6) is 11.5 Å². The maximum Gasteiger partial charge on any atom is 0.275 e. The van der Waals surface area contributed by atoms with Crippen LogP contribution in [0, 0.1) is 6.92 Å². The minimum atomic E-state index is -0.314. The Morgan fingerprint density at radius 2 is 2.05 bits per heavy atom. The number of fused-ring (bicyclic) bond motifs is 1. The molecule has 1 aromatic carbocycles. The van der Waals surface area contributed by atoms with Crippen molar-refractivity contribution in [2.45, 2.75) is 6.92 Å². The Balaban J connectivity index is 1.77. The van der Waals surface area contributed by atoms with E-state index in [0.717, 1.165) is 5.69 Å². The average molecular weight is 257 g/mol. The maximum atomic E-state index is 11.9. The molecule has 0 atom stereocenters. The van der Waals surface area contributed by atoms with Crippen molar-refractivity contribution in [3.8, 4) is 11.5 Å². The second-order valence-electron chi connectivity index (χ2n) is 4.07. The molecule has 6 nitrogen and oxygen atoms in total. The Morgan fingerprint density at radius 1 is 1.21 bits per heavy atom. The Labute approximate surface area is 109 Å². The van der Waals surface area contributed by atoms with Crippen LogP contribution in [-0.2, 0) is 0 Å². The molecule has 3 rings (SSSR count). The zero-order valence-corrected chi connectivity index (χ0v) is 10.2. The Kier molecular flexibility index (Phi) is 2.75. The van der Waals surface area contributed by atoms with E-state index in [-0.39, 0.29) is 18.4 Å². The van der Waals surface area contributed by atoms with E-state index in [4.69, 9.17) is 9.47 Å². The molecule has 2 heterocycles. The van der Waals surface area contributed by atoms with Gasteiger partial charge in [-0.05, 0) is 19.1 Å². The summed E-state index contributed by atoms with van der Waals surface area (Å²) in [6.07, 6.45) is 2.99. The number of aromatic nitrogens is 2. The van der Waals surface area contributed by atoms with Crippen molar-refractivity contribution >= 4 is 11.6 Å². The first-order valence-corrected chi connectivity index (χ1v) is 5.72. The number of carbonyl (C=O) groups is 1. The molecule has 0 spiro atoms. The summed E-state index contributed by atoms with van der Waals surface area (Å²) in [6, 6.07) is 5.20. The number of benzene rings is 1. The van der Waals surface area contributed by atoms with Crippen LogP contribution >= 0.6 is 0 Å². The Morgan fingerprint density at radius 3 is 2.84 bits per heavy atom. The zero-order chi connectivity index (χ0) is 13.2. The number of anilines is 1. The smallest absolute Gasteiger partial charge is 0.275 e. The molecule has 0 aliphatic carbocycles. The average Bonchev–Trinajstić information content (AvgIpc) is 2.87. The lowest BCUT2D eigenvalue weighted by molar-refractivity contribution is 0.102. The largest absolute Gasteiger partial charge is 0.454 e. The van der Waals surface area contributed by atoms with Gasteiger partial charge < -0.3 is 14.8 Å². The SMILES string of the molecule is Cc1cnc(C(=O)Nc2ccc3c(c2)OCO3)cn1. The van der Waals surface area contributed by atoms with Gasteiger partial charge in [-0.3, -0.25) is 9.78 Å². The highest BCUT2D eigenvalue weighted by Gasteiger charge is 2.15.